The van der Waals surface area contributed by atoms with Gasteiger partial charge in [0, 0.05) is 19.6 Å². The van der Waals surface area contributed by atoms with Crippen LogP contribution in [0, 0.1) is 5.92 Å². The van der Waals surface area contributed by atoms with Gasteiger partial charge in [-0.3, -0.25) is 4.79 Å². The molecular formula is C27H37N3O9S3. The number of ether oxygens (including phenoxy) is 1. The number of Topliss-reactive ketones (excluding diaryl/α,β-unsaturated/α-hetero) is 1. The number of likely N-dealkylation sites (tertiary alicyclic amines) is 1. The van der Waals surface area contributed by atoms with Crippen molar-refractivity contribution in [2.45, 2.75) is 66.7 Å². The molecule has 1 fully saturated rings. The molecule has 1 atom stereocenters. The Morgan fingerprint density at radius 2 is 1.67 bits per heavy atom. The lowest BCUT2D eigenvalue weighted by Gasteiger charge is -2.33. The second-order valence-electron chi connectivity index (χ2n) is 11.2. The standard InChI is InChI=1S/C27H37N3O9S3/c1-26(2,3)39-25(34)30-15-13-19(14-16-30)8-7-17-41(35,36)22-12-11-21(40-22)23(31)27(18-28,24(32)33)29-42(37,38)20-9-5-4-6-10-20/h4-6,9-12,19,29H,7-8,13-18,28H2,1-3H3,(H,32,33). The Balaban J connectivity index is 1.64. The summed E-state index contributed by atoms with van der Waals surface area (Å²) in [5.41, 5.74) is 2.32. The Bertz CT molecular complexity index is 1490. The average molecular weight is 644 g/mol. The van der Waals surface area contributed by atoms with Crippen molar-refractivity contribution < 1.29 is 41.1 Å². The maximum absolute atomic E-state index is 13.4. The van der Waals surface area contributed by atoms with E-state index in [4.69, 9.17) is 10.5 Å². The number of ketones is 1. The number of sulfonamides is 1. The monoisotopic (exact) mass is 643 g/mol. The number of nitrogens with zero attached hydrogens (tertiary/aromatic N) is 1. The highest BCUT2D eigenvalue weighted by Gasteiger charge is 2.49. The molecule has 2 aromatic rings. The van der Waals surface area contributed by atoms with E-state index in [1.165, 1.54) is 30.3 Å². The van der Waals surface area contributed by atoms with Crippen LogP contribution in [0.1, 0.15) is 56.1 Å². The fourth-order valence-electron chi connectivity index (χ4n) is 4.51. The van der Waals surface area contributed by atoms with Crippen LogP contribution >= 0.6 is 11.3 Å². The van der Waals surface area contributed by atoms with Gasteiger partial charge in [-0.2, -0.15) is 4.72 Å². The number of rotatable bonds is 12. The number of thiophene rings is 1. The smallest absolute Gasteiger partial charge is 0.410 e. The second-order valence-corrected chi connectivity index (χ2v) is 16.3. The van der Waals surface area contributed by atoms with E-state index in [9.17, 15) is 36.3 Å². The highest BCUT2D eigenvalue weighted by Crippen LogP contribution is 2.29. The van der Waals surface area contributed by atoms with Gasteiger partial charge in [-0.15, -0.1) is 11.3 Å². The van der Waals surface area contributed by atoms with Crippen LogP contribution in [0.2, 0.25) is 0 Å². The van der Waals surface area contributed by atoms with Crippen LogP contribution in [0.15, 0.2) is 51.6 Å². The SMILES string of the molecule is CC(C)(C)OC(=O)N1CCC(CCCS(=O)(=O)c2ccc(C(=O)C(CN)(NS(=O)(=O)c3ccccc3)C(=O)O)s2)CC1. The highest BCUT2D eigenvalue weighted by molar-refractivity contribution is 7.93. The van der Waals surface area contributed by atoms with E-state index in [2.05, 4.69) is 0 Å². The zero-order chi connectivity index (χ0) is 31.3. The van der Waals surface area contributed by atoms with Crippen molar-refractivity contribution in [1.82, 2.24) is 9.62 Å². The summed E-state index contributed by atoms with van der Waals surface area (Å²) in [6, 6.07) is 9.28. The number of carboxylic acid groups (broad SMARTS) is 1. The Morgan fingerprint density at radius 3 is 2.21 bits per heavy atom. The largest absolute Gasteiger partial charge is 0.479 e. The first-order valence-corrected chi connectivity index (χ1v) is 17.3. The number of carboxylic acids is 1. The van der Waals surface area contributed by atoms with E-state index in [1.54, 1.807) is 31.7 Å². The molecule has 12 nitrogen and oxygen atoms in total. The van der Waals surface area contributed by atoms with Crippen LogP contribution in [-0.2, 0) is 29.4 Å². The van der Waals surface area contributed by atoms with Gasteiger partial charge < -0.3 is 20.5 Å². The molecule has 1 saturated heterocycles. The molecule has 0 bridgehead atoms. The third-order valence-electron chi connectivity index (χ3n) is 6.82. The third kappa shape index (κ3) is 8.16. The van der Waals surface area contributed by atoms with Crippen molar-refractivity contribution in [2.24, 2.45) is 11.7 Å². The Kier molecular flexibility index (Phi) is 10.6. The van der Waals surface area contributed by atoms with Crippen LogP contribution in [0.3, 0.4) is 0 Å². The van der Waals surface area contributed by atoms with Gasteiger partial charge >= 0.3 is 12.1 Å². The molecule has 1 unspecified atom stereocenters. The highest BCUT2D eigenvalue weighted by atomic mass is 32.2. The Morgan fingerprint density at radius 1 is 1.05 bits per heavy atom. The summed E-state index contributed by atoms with van der Waals surface area (Å²) < 4.78 is 59.0. The maximum Gasteiger partial charge on any atom is 0.410 e. The topological polar surface area (TPSA) is 190 Å². The predicted octanol–water partition coefficient (Wildman–Crippen LogP) is 2.89. The quantitative estimate of drug-likeness (QED) is 0.229. The number of nitrogens with two attached hydrogens (primary N) is 1. The van der Waals surface area contributed by atoms with Crippen LogP contribution in [0.25, 0.3) is 0 Å². The normalized spacial score (nSPS) is 16.5. The Labute approximate surface area is 250 Å². The minimum absolute atomic E-state index is 0.132. The lowest BCUT2D eigenvalue weighted by molar-refractivity contribution is -0.141. The summed E-state index contributed by atoms with van der Waals surface area (Å²) in [5, 5.41) is 9.90. The molecule has 1 aliphatic heterocycles. The van der Waals surface area contributed by atoms with Crippen molar-refractivity contribution in [3.8, 4) is 0 Å². The minimum Gasteiger partial charge on any atom is -0.479 e. The van der Waals surface area contributed by atoms with Crippen molar-refractivity contribution in [2.75, 3.05) is 25.4 Å². The Hall–Kier alpha value is -2.85. The molecule has 15 heteroatoms. The van der Waals surface area contributed by atoms with E-state index in [0.717, 1.165) is 18.9 Å². The molecule has 0 aliphatic carbocycles. The van der Waals surface area contributed by atoms with Crippen LogP contribution in [-0.4, -0.2) is 81.2 Å². The van der Waals surface area contributed by atoms with Crippen LogP contribution < -0.4 is 10.5 Å². The van der Waals surface area contributed by atoms with Crippen molar-refractivity contribution in [3.05, 3.63) is 47.3 Å². The number of hydrogen-bond donors (Lipinski definition) is 3. The lowest BCUT2D eigenvalue weighted by atomic mass is 9.93. The number of carbonyl (C=O) groups excluding carboxylic acids is 2. The van der Waals surface area contributed by atoms with Gasteiger partial charge in [0.1, 0.15) is 9.81 Å². The summed E-state index contributed by atoms with van der Waals surface area (Å²) in [4.78, 5) is 39.0. The van der Waals surface area contributed by atoms with Crippen LogP contribution in [0.4, 0.5) is 4.79 Å². The van der Waals surface area contributed by atoms with Crippen molar-refractivity contribution in [3.63, 3.8) is 0 Å². The number of piperidine rings is 1. The van der Waals surface area contributed by atoms with Gasteiger partial charge in [-0.05, 0) is 76.6 Å². The molecule has 1 aromatic heterocycles. The number of nitrogens with one attached hydrogen (secondary N) is 1. The molecule has 1 aromatic carbocycles. The second kappa shape index (κ2) is 13.2. The number of amides is 1. The first kappa shape index (κ1) is 33.6. The molecule has 232 valence electrons. The van der Waals surface area contributed by atoms with Gasteiger partial charge in [0.2, 0.25) is 21.3 Å². The van der Waals surface area contributed by atoms with Crippen LogP contribution in [0.5, 0.6) is 0 Å². The van der Waals surface area contributed by atoms with Gasteiger partial charge in [0.25, 0.3) is 0 Å². The summed E-state index contributed by atoms with van der Waals surface area (Å²) >= 11 is 0.574. The number of benzene rings is 1. The molecular weight excluding hydrogens is 607 g/mol. The fourth-order valence-corrected chi connectivity index (χ4v) is 8.67. The zero-order valence-electron chi connectivity index (χ0n) is 23.7. The summed E-state index contributed by atoms with van der Waals surface area (Å²) in [6.45, 7) is 5.57. The van der Waals surface area contributed by atoms with Crippen molar-refractivity contribution in [1.29, 1.82) is 0 Å². The van der Waals surface area contributed by atoms with E-state index in [1.807, 2.05) is 4.72 Å². The van der Waals surface area contributed by atoms with Crippen molar-refractivity contribution >= 4 is 49.0 Å². The first-order chi connectivity index (χ1) is 19.5. The fraction of sp³-hybridized carbons (Fsp3) is 0.519. The summed E-state index contributed by atoms with van der Waals surface area (Å²) in [5.74, 6) is -2.92. The predicted molar refractivity (Wildman–Crippen MR) is 157 cm³/mol. The van der Waals surface area contributed by atoms with E-state index in [-0.39, 0.29) is 31.7 Å². The molecule has 0 saturated carbocycles. The number of sulfone groups is 1. The van der Waals surface area contributed by atoms with E-state index < -0.39 is 49.3 Å². The third-order valence-corrected chi connectivity index (χ3v) is 11.8. The molecule has 0 radical (unpaired) electrons. The number of aliphatic carboxylic acids is 1. The van der Waals surface area contributed by atoms with E-state index in [0.29, 0.717) is 37.3 Å². The molecule has 0 spiro atoms. The summed E-state index contributed by atoms with van der Waals surface area (Å²) in [7, 11) is -8.27. The number of hydrogen-bond acceptors (Lipinski definition) is 10. The zero-order valence-corrected chi connectivity index (χ0v) is 26.2. The van der Waals surface area contributed by atoms with Gasteiger partial charge in [-0.1, -0.05) is 18.2 Å². The summed E-state index contributed by atoms with van der Waals surface area (Å²) in [6.07, 6.45) is 2.09. The maximum atomic E-state index is 13.4. The molecule has 1 amide bonds. The average Bonchev–Trinajstić information content (AvgIpc) is 3.42. The lowest BCUT2D eigenvalue weighted by Crippen LogP contribution is -2.64. The molecule has 1 aliphatic rings. The first-order valence-electron chi connectivity index (χ1n) is 13.4. The van der Waals surface area contributed by atoms with Gasteiger partial charge in [0.05, 0.1) is 15.5 Å². The van der Waals surface area contributed by atoms with Gasteiger partial charge in [-0.25, -0.2) is 26.4 Å². The molecule has 2 heterocycles. The number of carbonyl (C=O) groups is 3. The van der Waals surface area contributed by atoms with E-state index >= 15 is 0 Å². The molecule has 3 rings (SSSR count). The van der Waals surface area contributed by atoms with Gasteiger partial charge in [0.15, 0.2) is 9.84 Å². The minimum atomic E-state index is -4.46. The molecule has 4 N–H and O–H groups in total. The molecule has 42 heavy (non-hydrogen) atoms.